The summed E-state index contributed by atoms with van der Waals surface area (Å²) in [5.74, 6) is 0. The van der Waals surface area contributed by atoms with Crippen LogP contribution in [0.3, 0.4) is 0 Å². The molecule has 2 heteroatoms. The second-order valence-electron chi connectivity index (χ2n) is 1.50. The van der Waals surface area contributed by atoms with Crippen molar-refractivity contribution in [2.75, 3.05) is 6.61 Å². The maximum absolute atomic E-state index is 5.25. The fourth-order valence-corrected chi connectivity index (χ4v) is 1.48. The third-order valence-electron chi connectivity index (χ3n) is 0.816. The number of allylic oxidation sites excluding steroid dienone is 4. The summed E-state index contributed by atoms with van der Waals surface area (Å²) < 4.78 is 7.35. The summed E-state index contributed by atoms with van der Waals surface area (Å²) in [5, 5.41) is 0. The van der Waals surface area contributed by atoms with Gasteiger partial charge in [0, 0.05) is 0 Å². The fourth-order valence-electron chi connectivity index (χ4n) is 0.443. The monoisotopic (exact) mass is 235 g/mol. The Morgan fingerprint density at radius 3 is 3.00 bits per heavy atom. The molecule has 0 unspecified atom stereocenters. The van der Waals surface area contributed by atoms with Gasteiger partial charge >= 0.3 is 65.8 Å². The quantitative estimate of drug-likeness (QED) is 0.471. The van der Waals surface area contributed by atoms with Crippen LogP contribution >= 0.6 is 0 Å². The van der Waals surface area contributed by atoms with Gasteiger partial charge < -0.3 is 0 Å². The molecule has 0 aromatic rings. The molecule has 0 saturated carbocycles. The zero-order chi connectivity index (χ0) is 6.36. The predicted octanol–water partition coefficient (Wildman–Crippen LogP) is -1.35. The first kappa shape index (κ1) is 7.02. The van der Waals surface area contributed by atoms with Crippen LogP contribution in [0.15, 0.2) is 34.5 Å². The van der Waals surface area contributed by atoms with Crippen molar-refractivity contribution in [3.05, 3.63) is 34.5 Å². The van der Waals surface area contributed by atoms with Crippen molar-refractivity contribution in [2.24, 2.45) is 0 Å². The van der Waals surface area contributed by atoms with Crippen LogP contribution in [0.2, 0.25) is 0 Å². The van der Waals surface area contributed by atoms with Gasteiger partial charge in [0.1, 0.15) is 0 Å². The van der Waals surface area contributed by atoms with Crippen molar-refractivity contribution < 1.29 is 24.7 Å². The van der Waals surface area contributed by atoms with Crippen molar-refractivity contribution in [3.63, 3.8) is 0 Å². The van der Waals surface area contributed by atoms with Crippen LogP contribution < -0.4 is 21.6 Å². The molecule has 0 radical (unpaired) electrons. The van der Waals surface area contributed by atoms with Gasteiger partial charge in [-0.2, -0.15) is 0 Å². The Morgan fingerprint density at radius 2 is 2.00 bits per heavy atom. The number of hydrogen-bond donors (Lipinski definition) is 0. The molecule has 1 aliphatic heterocycles. The van der Waals surface area contributed by atoms with Gasteiger partial charge in [0.15, 0.2) is 0 Å². The molecule has 1 heterocycles. The van der Waals surface area contributed by atoms with Crippen LogP contribution in [-0.2, 0) is 3.07 Å². The van der Waals surface area contributed by atoms with E-state index in [1.54, 1.807) is 0 Å². The van der Waals surface area contributed by atoms with Gasteiger partial charge in [0.25, 0.3) is 0 Å². The molecule has 0 aliphatic carbocycles. The summed E-state index contributed by atoms with van der Waals surface area (Å²) in [6.07, 6.45) is 10.1. The van der Waals surface area contributed by atoms with Gasteiger partial charge in [0.2, 0.25) is 0 Å². The van der Waals surface area contributed by atoms with Crippen LogP contribution in [0.25, 0.3) is 0 Å². The molecule has 9 heavy (non-hydrogen) atoms. The Morgan fingerprint density at radius 1 is 1.11 bits per heavy atom. The first-order chi connectivity index (χ1) is 4.50. The summed E-state index contributed by atoms with van der Waals surface area (Å²) in [7, 11) is 0. The van der Waals surface area contributed by atoms with Crippen molar-refractivity contribution >= 4 is 0 Å². The van der Waals surface area contributed by atoms with Gasteiger partial charge in [0.05, 0.1) is 0 Å². The Kier molecular flexibility index (Phi) is 3.71. The van der Waals surface area contributed by atoms with E-state index in [-0.39, 0.29) is 21.6 Å². The molecule has 0 spiro atoms. The van der Waals surface area contributed by atoms with Crippen molar-refractivity contribution in [2.45, 2.75) is 0 Å². The van der Waals surface area contributed by atoms with Gasteiger partial charge in [-0.05, 0) is 0 Å². The van der Waals surface area contributed by atoms with E-state index in [0.717, 1.165) is 6.61 Å². The molecule has 1 nitrogen and oxygen atoms in total. The minimum atomic E-state index is -0.131. The molecule has 0 bridgehead atoms. The summed E-state index contributed by atoms with van der Waals surface area (Å²) >= 11 is -0.131. The van der Waals surface area contributed by atoms with E-state index in [1.807, 2.05) is 30.4 Å². The van der Waals surface area contributed by atoms with Crippen molar-refractivity contribution in [1.82, 2.24) is 0 Å². The topological polar surface area (TPSA) is 9.23 Å². The second kappa shape index (κ2) is 4.76. The Hall–Kier alpha value is -0.0900. The fraction of sp³-hybridized carbons (Fsp3) is 0.143. The molecular weight excluding hydrogens is 227 g/mol. The van der Waals surface area contributed by atoms with Crippen molar-refractivity contribution in [1.29, 1.82) is 0 Å². The Labute approximate surface area is 65.9 Å². The summed E-state index contributed by atoms with van der Waals surface area (Å²) in [4.78, 5) is 0. The molecule has 0 saturated heterocycles. The average Bonchev–Trinajstić information content (AvgIpc) is 2.00. The van der Waals surface area contributed by atoms with Crippen LogP contribution in [0.4, 0.5) is 0 Å². The van der Waals surface area contributed by atoms with E-state index in [4.69, 9.17) is 3.07 Å². The second-order valence-corrected chi connectivity index (χ2v) is 3.35. The standard InChI is InChI=1S/C7H8IO/c1-2-4-6-8-9-7-5-3-1/h1-6H,7H2/q-1. The first-order valence-electron chi connectivity index (χ1n) is 2.74. The molecule has 0 aromatic carbocycles. The van der Waals surface area contributed by atoms with E-state index in [0.29, 0.717) is 0 Å². The molecule has 0 fully saturated rings. The van der Waals surface area contributed by atoms with E-state index >= 15 is 0 Å². The molecule has 0 amide bonds. The molecule has 0 aromatic heterocycles. The summed E-state index contributed by atoms with van der Waals surface area (Å²) in [6, 6.07) is 0. The molecule has 1 rings (SSSR count). The van der Waals surface area contributed by atoms with Gasteiger partial charge in [-0.3, -0.25) is 0 Å². The van der Waals surface area contributed by atoms with Crippen molar-refractivity contribution in [3.8, 4) is 0 Å². The normalized spacial score (nSPS) is 19.6. The molecule has 1 aliphatic rings. The van der Waals surface area contributed by atoms with Crippen LogP contribution in [0, 0.1) is 0 Å². The average molecular weight is 235 g/mol. The SMILES string of the molecule is C1=CC=C[I-]OCC=C1. The number of rotatable bonds is 0. The Balaban J connectivity index is 2.45. The van der Waals surface area contributed by atoms with Gasteiger partial charge in [-0.15, -0.1) is 0 Å². The maximum atomic E-state index is 5.25. The minimum absolute atomic E-state index is 0.131. The van der Waals surface area contributed by atoms with Gasteiger partial charge in [-0.1, -0.05) is 0 Å². The first-order valence-corrected chi connectivity index (χ1v) is 4.86. The third kappa shape index (κ3) is 3.48. The van der Waals surface area contributed by atoms with E-state index in [2.05, 4.69) is 4.08 Å². The van der Waals surface area contributed by atoms with E-state index in [1.165, 1.54) is 0 Å². The Bertz CT molecular complexity index is 131. The zero-order valence-electron chi connectivity index (χ0n) is 4.96. The van der Waals surface area contributed by atoms with Crippen LogP contribution in [0.1, 0.15) is 0 Å². The van der Waals surface area contributed by atoms with E-state index < -0.39 is 0 Å². The number of halogens is 1. The summed E-state index contributed by atoms with van der Waals surface area (Å²) in [5.41, 5.74) is 0. The molecule has 0 atom stereocenters. The molecule has 0 N–H and O–H groups in total. The molecular formula is C7H8IO-. The third-order valence-corrected chi connectivity index (χ3v) is 2.24. The number of hydrogen-bond acceptors (Lipinski definition) is 1. The van der Waals surface area contributed by atoms with E-state index in [9.17, 15) is 0 Å². The van der Waals surface area contributed by atoms with Gasteiger partial charge in [-0.25, -0.2) is 0 Å². The van der Waals surface area contributed by atoms with Crippen LogP contribution in [0.5, 0.6) is 0 Å². The zero-order valence-corrected chi connectivity index (χ0v) is 7.11. The molecule has 50 valence electrons. The predicted molar refractivity (Wildman–Crippen MR) is 33.4 cm³/mol. The van der Waals surface area contributed by atoms with Crippen LogP contribution in [-0.4, -0.2) is 6.61 Å². The summed E-state index contributed by atoms with van der Waals surface area (Å²) in [6.45, 7) is 0.766.